The summed E-state index contributed by atoms with van der Waals surface area (Å²) >= 11 is 0. The number of hydrogen-bond acceptors (Lipinski definition) is 6. The lowest BCUT2D eigenvalue weighted by atomic mass is 10.4. The monoisotopic (exact) mass is 225 g/mol. The van der Waals surface area contributed by atoms with E-state index in [2.05, 4.69) is 15.3 Å². The molecule has 0 saturated carbocycles. The minimum atomic E-state index is -0.298. The van der Waals surface area contributed by atoms with Crippen molar-refractivity contribution < 1.29 is 4.84 Å². The highest BCUT2D eigenvalue weighted by Crippen LogP contribution is 2.16. The third-order valence-electron chi connectivity index (χ3n) is 2.27. The quantitative estimate of drug-likeness (QED) is 0.770. The lowest BCUT2D eigenvalue weighted by molar-refractivity contribution is 0.172. The van der Waals surface area contributed by atoms with Crippen molar-refractivity contribution in [1.29, 1.82) is 0 Å². The Bertz CT molecular complexity index is 442. The molecule has 1 aliphatic rings. The average molecular weight is 225 g/mol. The Morgan fingerprint density at radius 3 is 2.75 bits per heavy atom. The molecule has 1 N–H and O–H groups in total. The summed E-state index contributed by atoms with van der Waals surface area (Å²) in [5.74, 6) is 0.848. The molecule has 2 rings (SSSR count). The van der Waals surface area contributed by atoms with Crippen LogP contribution in [-0.4, -0.2) is 34.2 Å². The highest BCUT2D eigenvalue weighted by atomic mass is 16.7. The van der Waals surface area contributed by atoms with Crippen molar-refractivity contribution in [2.24, 2.45) is 0 Å². The number of anilines is 2. The van der Waals surface area contributed by atoms with Crippen LogP contribution in [0.25, 0.3) is 0 Å². The largest absolute Gasteiger partial charge is 0.353 e. The molecule has 0 spiro atoms. The average Bonchev–Trinajstić information content (AvgIpc) is 2.60. The van der Waals surface area contributed by atoms with Gasteiger partial charge in [-0.3, -0.25) is 9.40 Å². The van der Waals surface area contributed by atoms with Gasteiger partial charge in [0.2, 0.25) is 11.9 Å². The molecule has 0 atom stereocenters. The maximum Gasteiger partial charge on any atom is 0.353 e. The smallest absolute Gasteiger partial charge is 0.352 e. The lowest BCUT2D eigenvalue weighted by Gasteiger charge is -2.14. The number of hydroxylamine groups is 1. The van der Waals surface area contributed by atoms with Crippen LogP contribution in [0.2, 0.25) is 0 Å². The van der Waals surface area contributed by atoms with Gasteiger partial charge in [0.1, 0.15) is 0 Å². The van der Waals surface area contributed by atoms with Crippen LogP contribution in [0, 0.1) is 0 Å². The minimum absolute atomic E-state index is 0.180. The summed E-state index contributed by atoms with van der Waals surface area (Å²) in [5.41, 5.74) is -0.298. The fraction of sp³-hybridized carbons (Fsp3) is 0.667. The molecule has 0 unspecified atom stereocenters. The van der Waals surface area contributed by atoms with Gasteiger partial charge in [-0.15, -0.1) is 0 Å². The molecule has 0 bridgehead atoms. The van der Waals surface area contributed by atoms with Crippen LogP contribution in [-0.2, 0) is 11.4 Å². The maximum absolute atomic E-state index is 11.7. The van der Waals surface area contributed by atoms with E-state index in [0.29, 0.717) is 25.0 Å². The van der Waals surface area contributed by atoms with Gasteiger partial charge in [-0.25, -0.2) is 9.86 Å². The Morgan fingerprint density at radius 2 is 2.12 bits per heavy atom. The molecular formula is C9H15N5O2. The number of nitrogens with zero attached hydrogens (tertiary/aromatic N) is 4. The minimum Gasteiger partial charge on any atom is -0.352 e. The number of aromatic nitrogens is 3. The van der Waals surface area contributed by atoms with Gasteiger partial charge in [-0.2, -0.15) is 9.97 Å². The van der Waals surface area contributed by atoms with Crippen molar-refractivity contribution >= 4 is 11.9 Å². The van der Waals surface area contributed by atoms with Gasteiger partial charge >= 0.3 is 5.69 Å². The summed E-state index contributed by atoms with van der Waals surface area (Å²) in [6, 6.07) is 0.180. The van der Waals surface area contributed by atoms with E-state index in [1.165, 1.54) is 4.57 Å². The highest BCUT2D eigenvalue weighted by molar-refractivity contribution is 5.37. The first kappa shape index (κ1) is 10.9. The van der Waals surface area contributed by atoms with E-state index in [4.69, 9.17) is 4.84 Å². The number of nitrogens with one attached hydrogen (secondary N) is 1. The Balaban J connectivity index is 2.40. The highest BCUT2D eigenvalue weighted by Gasteiger charge is 2.23. The fourth-order valence-corrected chi connectivity index (χ4v) is 1.59. The van der Waals surface area contributed by atoms with Gasteiger partial charge in [0.05, 0.1) is 20.2 Å². The molecule has 0 fully saturated rings. The topological polar surface area (TPSA) is 72.3 Å². The van der Waals surface area contributed by atoms with Gasteiger partial charge in [0.15, 0.2) is 0 Å². The van der Waals surface area contributed by atoms with E-state index < -0.39 is 0 Å². The van der Waals surface area contributed by atoms with Crippen LogP contribution < -0.4 is 16.1 Å². The Kier molecular flexibility index (Phi) is 2.78. The summed E-state index contributed by atoms with van der Waals surface area (Å²) in [7, 11) is 1.55. The fourth-order valence-electron chi connectivity index (χ4n) is 1.59. The first-order chi connectivity index (χ1) is 7.61. The number of hydrogen-bond donors (Lipinski definition) is 1. The molecule has 7 heteroatoms. The Labute approximate surface area is 93.0 Å². The molecule has 1 aromatic rings. The second kappa shape index (κ2) is 4.09. The summed E-state index contributed by atoms with van der Waals surface area (Å²) in [4.78, 5) is 24.9. The van der Waals surface area contributed by atoms with Crippen molar-refractivity contribution in [3.63, 3.8) is 0 Å². The van der Waals surface area contributed by atoms with Crippen molar-refractivity contribution in [3.05, 3.63) is 10.5 Å². The second-order valence-corrected chi connectivity index (χ2v) is 3.87. The normalized spacial score (nSPS) is 14.4. The zero-order valence-electron chi connectivity index (χ0n) is 9.60. The molecule has 1 aliphatic heterocycles. The van der Waals surface area contributed by atoms with Gasteiger partial charge in [0.25, 0.3) is 0 Å². The predicted octanol–water partition coefficient (Wildman–Crippen LogP) is -0.160. The Hall–Kier alpha value is -1.63. The van der Waals surface area contributed by atoms with Crippen LogP contribution in [0.3, 0.4) is 0 Å². The van der Waals surface area contributed by atoms with E-state index >= 15 is 0 Å². The third kappa shape index (κ3) is 1.85. The molecule has 16 heavy (non-hydrogen) atoms. The van der Waals surface area contributed by atoms with Gasteiger partial charge in [-0.05, 0) is 13.8 Å². The van der Waals surface area contributed by atoms with E-state index in [1.807, 2.05) is 13.8 Å². The van der Waals surface area contributed by atoms with Crippen LogP contribution in [0.5, 0.6) is 0 Å². The molecule has 0 amide bonds. The van der Waals surface area contributed by atoms with E-state index in [0.717, 1.165) is 0 Å². The molecular weight excluding hydrogens is 210 g/mol. The maximum atomic E-state index is 11.7. The summed E-state index contributed by atoms with van der Waals surface area (Å²) in [6.07, 6.45) is 0. The van der Waals surface area contributed by atoms with Gasteiger partial charge in [0, 0.05) is 6.04 Å². The zero-order valence-corrected chi connectivity index (χ0v) is 9.60. The number of rotatable bonds is 3. The summed E-state index contributed by atoms with van der Waals surface area (Å²) in [6.45, 7) is 5.10. The van der Waals surface area contributed by atoms with Crippen LogP contribution in [0.15, 0.2) is 4.79 Å². The molecule has 7 nitrogen and oxygen atoms in total. The van der Waals surface area contributed by atoms with E-state index in [-0.39, 0.29) is 11.7 Å². The van der Waals surface area contributed by atoms with Crippen LogP contribution in [0.4, 0.5) is 11.9 Å². The molecule has 0 aromatic carbocycles. The summed E-state index contributed by atoms with van der Waals surface area (Å²) in [5, 5.41) is 4.58. The van der Waals surface area contributed by atoms with Crippen molar-refractivity contribution in [2.75, 3.05) is 24.0 Å². The molecule has 88 valence electrons. The van der Waals surface area contributed by atoms with Crippen LogP contribution in [0.1, 0.15) is 13.8 Å². The standard InChI is InChI=1S/C9H15N5O2/c1-6(2)10-7-11-8-13(9(15)12-7)4-5-14(8)16-3/h6H,4-5H2,1-3H3,(H,10,12,15). The SMILES string of the molecule is CON1CCn2c1nc(NC(C)C)nc2=O. The zero-order chi connectivity index (χ0) is 11.7. The molecule has 1 aromatic heterocycles. The first-order valence-corrected chi connectivity index (χ1v) is 5.19. The molecule has 2 heterocycles. The number of fused-ring (bicyclic) bond motifs is 1. The Morgan fingerprint density at radius 1 is 1.38 bits per heavy atom. The summed E-state index contributed by atoms with van der Waals surface area (Å²) < 4.78 is 1.50. The van der Waals surface area contributed by atoms with E-state index in [1.54, 1.807) is 12.2 Å². The lowest BCUT2D eigenvalue weighted by Crippen LogP contribution is -2.27. The van der Waals surface area contributed by atoms with Crippen LogP contribution >= 0.6 is 0 Å². The van der Waals surface area contributed by atoms with Crippen molar-refractivity contribution in [1.82, 2.24) is 14.5 Å². The van der Waals surface area contributed by atoms with Gasteiger partial charge in [-0.1, -0.05) is 0 Å². The van der Waals surface area contributed by atoms with Crippen molar-refractivity contribution in [3.8, 4) is 0 Å². The second-order valence-electron chi connectivity index (χ2n) is 3.87. The van der Waals surface area contributed by atoms with Gasteiger partial charge < -0.3 is 5.32 Å². The van der Waals surface area contributed by atoms with E-state index in [9.17, 15) is 4.79 Å². The first-order valence-electron chi connectivity index (χ1n) is 5.19. The third-order valence-corrected chi connectivity index (χ3v) is 2.27. The van der Waals surface area contributed by atoms with Crippen molar-refractivity contribution in [2.45, 2.75) is 26.4 Å². The predicted molar refractivity (Wildman–Crippen MR) is 59.4 cm³/mol. The molecule has 0 radical (unpaired) electrons. The molecule has 0 saturated heterocycles. The molecule has 0 aliphatic carbocycles.